The molecule has 1 amide bonds. The van der Waals surface area contributed by atoms with Crippen LogP contribution in [-0.2, 0) is 17.6 Å². The summed E-state index contributed by atoms with van der Waals surface area (Å²) in [6, 6.07) is 14.0. The van der Waals surface area contributed by atoms with E-state index in [0.29, 0.717) is 10.9 Å². The zero-order valence-corrected chi connectivity index (χ0v) is 18.0. The SMILES string of the molecule is CC(Oc1cccc(Br)c1)C(=O)Nc1nc(-c2ccc3c(c2)CCCC3)cs1. The van der Waals surface area contributed by atoms with E-state index in [1.807, 2.05) is 29.6 Å². The third-order valence-corrected chi connectivity index (χ3v) is 6.11. The third-order valence-electron chi connectivity index (χ3n) is 4.86. The van der Waals surface area contributed by atoms with Gasteiger partial charge in [-0.2, -0.15) is 0 Å². The summed E-state index contributed by atoms with van der Waals surface area (Å²) in [5, 5.41) is 5.43. The summed E-state index contributed by atoms with van der Waals surface area (Å²) >= 11 is 4.83. The molecule has 0 fully saturated rings. The largest absolute Gasteiger partial charge is 0.481 e. The van der Waals surface area contributed by atoms with E-state index < -0.39 is 6.10 Å². The van der Waals surface area contributed by atoms with Crippen LogP contribution < -0.4 is 10.1 Å². The Morgan fingerprint density at radius 3 is 2.82 bits per heavy atom. The second-order valence-electron chi connectivity index (χ2n) is 6.94. The zero-order chi connectivity index (χ0) is 19.5. The maximum atomic E-state index is 12.5. The summed E-state index contributed by atoms with van der Waals surface area (Å²) in [6.07, 6.45) is 4.22. The molecular formula is C22H21BrN2O2S. The van der Waals surface area contributed by atoms with Crippen LogP contribution in [0.2, 0.25) is 0 Å². The lowest BCUT2D eigenvalue weighted by Gasteiger charge is -2.16. The van der Waals surface area contributed by atoms with Crippen LogP contribution in [0.3, 0.4) is 0 Å². The standard InChI is InChI=1S/C22H21BrN2O2S/c1-14(27-19-8-4-7-18(23)12-19)21(26)25-22-24-20(13-28-22)17-10-9-15-5-2-3-6-16(15)11-17/h4,7-14H,2-3,5-6H2,1H3,(H,24,25,26). The molecule has 4 nitrogen and oxygen atoms in total. The van der Waals surface area contributed by atoms with Gasteiger partial charge in [-0.15, -0.1) is 11.3 Å². The predicted molar refractivity (Wildman–Crippen MR) is 117 cm³/mol. The van der Waals surface area contributed by atoms with Crippen LogP contribution in [-0.4, -0.2) is 17.0 Å². The molecule has 1 aromatic heterocycles. The first-order valence-corrected chi connectivity index (χ1v) is 11.1. The van der Waals surface area contributed by atoms with Crippen LogP contribution in [0.15, 0.2) is 52.3 Å². The quantitative estimate of drug-likeness (QED) is 0.523. The van der Waals surface area contributed by atoms with Crippen molar-refractivity contribution in [1.82, 2.24) is 4.98 Å². The fourth-order valence-electron chi connectivity index (χ4n) is 3.36. The van der Waals surface area contributed by atoms with E-state index >= 15 is 0 Å². The van der Waals surface area contributed by atoms with Gasteiger partial charge in [0.2, 0.25) is 0 Å². The number of halogens is 1. The maximum Gasteiger partial charge on any atom is 0.266 e. The van der Waals surface area contributed by atoms with Gasteiger partial charge in [0.25, 0.3) is 5.91 Å². The molecule has 0 bridgehead atoms. The summed E-state index contributed by atoms with van der Waals surface area (Å²) in [7, 11) is 0. The molecule has 1 atom stereocenters. The number of hydrogen-bond acceptors (Lipinski definition) is 4. The summed E-state index contributed by atoms with van der Waals surface area (Å²) in [4.78, 5) is 17.1. The van der Waals surface area contributed by atoms with Gasteiger partial charge in [0.05, 0.1) is 5.69 Å². The fraction of sp³-hybridized carbons (Fsp3) is 0.273. The van der Waals surface area contributed by atoms with Crippen molar-refractivity contribution in [2.45, 2.75) is 38.7 Å². The van der Waals surface area contributed by atoms with Crippen molar-refractivity contribution in [3.05, 3.63) is 63.4 Å². The fourth-order valence-corrected chi connectivity index (χ4v) is 4.46. The molecule has 0 saturated heterocycles. The van der Waals surface area contributed by atoms with Crippen molar-refractivity contribution in [2.24, 2.45) is 0 Å². The number of aromatic nitrogens is 1. The Balaban J connectivity index is 1.42. The van der Waals surface area contributed by atoms with E-state index in [2.05, 4.69) is 44.4 Å². The minimum Gasteiger partial charge on any atom is -0.481 e. The Kier molecular flexibility index (Phi) is 5.78. The molecule has 1 aliphatic carbocycles. The number of carbonyl (C=O) groups is 1. The number of aryl methyl sites for hydroxylation is 2. The molecule has 0 aliphatic heterocycles. The molecule has 2 aromatic carbocycles. The molecule has 0 spiro atoms. The number of carbonyl (C=O) groups excluding carboxylic acids is 1. The van der Waals surface area contributed by atoms with Crippen LogP contribution in [0, 0.1) is 0 Å². The number of rotatable bonds is 5. The molecule has 0 radical (unpaired) electrons. The summed E-state index contributed by atoms with van der Waals surface area (Å²) in [6.45, 7) is 1.73. The number of fused-ring (bicyclic) bond motifs is 1. The highest BCUT2D eigenvalue weighted by Crippen LogP contribution is 2.29. The molecule has 1 heterocycles. The van der Waals surface area contributed by atoms with Crippen molar-refractivity contribution in [3.8, 4) is 17.0 Å². The second-order valence-corrected chi connectivity index (χ2v) is 8.71. The molecule has 1 N–H and O–H groups in total. The molecule has 28 heavy (non-hydrogen) atoms. The molecule has 1 aliphatic rings. The zero-order valence-electron chi connectivity index (χ0n) is 15.6. The van der Waals surface area contributed by atoms with Gasteiger partial charge < -0.3 is 4.74 Å². The van der Waals surface area contributed by atoms with Crippen molar-refractivity contribution in [2.75, 3.05) is 5.32 Å². The van der Waals surface area contributed by atoms with E-state index in [-0.39, 0.29) is 5.91 Å². The highest BCUT2D eigenvalue weighted by molar-refractivity contribution is 9.10. The molecule has 6 heteroatoms. The number of nitrogens with zero attached hydrogens (tertiary/aromatic N) is 1. The van der Waals surface area contributed by atoms with Crippen LogP contribution in [0.4, 0.5) is 5.13 Å². The number of nitrogens with one attached hydrogen (secondary N) is 1. The lowest BCUT2D eigenvalue weighted by molar-refractivity contribution is -0.122. The van der Waals surface area contributed by atoms with Gasteiger partial charge in [-0.25, -0.2) is 4.98 Å². The van der Waals surface area contributed by atoms with Crippen molar-refractivity contribution >= 4 is 38.3 Å². The summed E-state index contributed by atoms with van der Waals surface area (Å²) < 4.78 is 6.63. The number of anilines is 1. The average molecular weight is 457 g/mol. The van der Waals surface area contributed by atoms with Gasteiger partial charge in [-0.1, -0.05) is 34.1 Å². The van der Waals surface area contributed by atoms with Crippen LogP contribution in [0.5, 0.6) is 5.75 Å². The minimum atomic E-state index is -0.620. The lowest BCUT2D eigenvalue weighted by atomic mass is 9.90. The Bertz CT molecular complexity index is 1000. The van der Waals surface area contributed by atoms with Crippen LogP contribution in [0.1, 0.15) is 30.9 Å². The van der Waals surface area contributed by atoms with Gasteiger partial charge in [0.15, 0.2) is 11.2 Å². The van der Waals surface area contributed by atoms with Crippen molar-refractivity contribution < 1.29 is 9.53 Å². The smallest absolute Gasteiger partial charge is 0.266 e. The number of hydrogen-bond donors (Lipinski definition) is 1. The average Bonchev–Trinajstić information content (AvgIpc) is 3.16. The normalized spacial score (nSPS) is 14.2. The number of benzene rings is 2. The van der Waals surface area contributed by atoms with Gasteiger partial charge >= 0.3 is 0 Å². The van der Waals surface area contributed by atoms with Crippen LogP contribution in [0.25, 0.3) is 11.3 Å². The maximum absolute atomic E-state index is 12.5. The minimum absolute atomic E-state index is 0.216. The van der Waals surface area contributed by atoms with Crippen molar-refractivity contribution in [3.63, 3.8) is 0 Å². The van der Waals surface area contributed by atoms with Gasteiger partial charge in [0.1, 0.15) is 5.75 Å². The molecule has 0 saturated carbocycles. The molecule has 1 unspecified atom stereocenters. The number of ether oxygens (including phenoxy) is 1. The predicted octanol–water partition coefficient (Wildman–Crippen LogP) is 5.86. The monoisotopic (exact) mass is 456 g/mol. The Hall–Kier alpha value is -2.18. The Morgan fingerprint density at radius 2 is 2.00 bits per heavy atom. The van der Waals surface area contributed by atoms with Gasteiger partial charge in [0, 0.05) is 15.4 Å². The van der Waals surface area contributed by atoms with E-state index in [1.54, 1.807) is 6.92 Å². The molecule has 4 rings (SSSR count). The summed E-state index contributed by atoms with van der Waals surface area (Å²) in [5.41, 5.74) is 4.89. The summed E-state index contributed by atoms with van der Waals surface area (Å²) in [5.74, 6) is 0.428. The second kappa shape index (κ2) is 8.45. The van der Waals surface area contributed by atoms with E-state index in [4.69, 9.17) is 4.74 Å². The van der Waals surface area contributed by atoms with Crippen molar-refractivity contribution in [1.29, 1.82) is 0 Å². The third kappa shape index (κ3) is 4.45. The number of amides is 1. The topological polar surface area (TPSA) is 51.2 Å². The molecular weight excluding hydrogens is 436 g/mol. The first-order chi connectivity index (χ1) is 13.6. The first kappa shape index (κ1) is 19.2. The first-order valence-electron chi connectivity index (χ1n) is 9.39. The molecule has 144 valence electrons. The lowest BCUT2D eigenvalue weighted by Crippen LogP contribution is -2.30. The Morgan fingerprint density at radius 1 is 1.18 bits per heavy atom. The molecule has 3 aromatic rings. The Labute approximate surface area is 177 Å². The van der Waals surface area contributed by atoms with Crippen LogP contribution >= 0.6 is 27.3 Å². The van der Waals surface area contributed by atoms with Gasteiger partial charge in [-0.3, -0.25) is 10.1 Å². The van der Waals surface area contributed by atoms with E-state index in [0.717, 1.165) is 22.2 Å². The van der Waals surface area contributed by atoms with E-state index in [9.17, 15) is 4.79 Å². The highest BCUT2D eigenvalue weighted by atomic mass is 79.9. The van der Waals surface area contributed by atoms with Gasteiger partial charge in [-0.05, 0) is 68.0 Å². The highest BCUT2D eigenvalue weighted by Gasteiger charge is 2.17. The number of thiazole rings is 1. The van der Waals surface area contributed by atoms with E-state index in [1.165, 1.54) is 41.7 Å².